The van der Waals surface area contributed by atoms with E-state index in [0.29, 0.717) is 37.9 Å². The molecule has 10 nitrogen and oxygen atoms in total. The standard InChI is InChI=1S/C33H40N6O4/c1-23-26(15-10-16-27(23)25-13-8-5-9-14-25)21-43-32(41)38-17-18-39-29(19-38)36-37-30(39)28(35-31(40)33(2,3)34)22-42-20-24-11-6-4-7-12-24/h4-16,28,32,41H,17-22,34H2,1-3H3,(H,35,40)/t28-,32-/m1/s1. The first-order valence-electron chi connectivity index (χ1n) is 14.5. The number of hydrogen-bond donors (Lipinski definition) is 3. The molecule has 0 bridgehead atoms. The summed E-state index contributed by atoms with van der Waals surface area (Å²) in [5, 5.41) is 22.7. The van der Waals surface area contributed by atoms with Gasteiger partial charge in [0.05, 0.1) is 31.9 Å². The predicted molar refractivity (Wildman–Crippen MR) is 163 cm³/mol. The summed E-state index contributed by atoms with van der Waals surface area (Å²) >= 11 is 0. The van der Waals surface area contributed by atoms with Crippen LogP contribution in [-0.2, 0) is 40.6 Å². The van der Waals surface area contributed by atoms with E-state index >= 15 is 0 Å². The molecule has 0 unspecified atom stereocenters. The molecule has 1 aliphatic rings. The zero-order valence-electron chi connectivity index (χ0n) is 24.9. The smallest absolute Gasteiger partial charge is 0.240 e. The Balaban J connectivity index is 1.24. The molecule has 4 N–H and O–H groups in total. The van der Waals surface area contributed by atoms with E-state index in [-0.39, 0.29) is 19.1 Å². The van der Waals surface area contributed by atoms with Gasteiger partial charge in [-0.2, -0.15) is 0 Å². The minimum absolute atomic E-state index is 0.200. The summed E-state index contributed by atoms with van der Waals surface area (Å²) < 4.78 is 13.9. The van der Waals surface area contributed by atoms with Crippen LogP contribution in [0.25, 0.3) is 11.1 Å². The van der Waals surface area contributed by atoms with Gasteiger partial charge in [0.1, 0.15) is 11.9 Å². The van der Waals surface area contributed by atoms with E-state index in [1.165, 1.54) is 0 Å². The molecule has 1 aromatic heterocycles. The monoisotopic (exact) mass is 584 g/mol. The highest BCUT2D eigenvalue weighted by Crippen LogP contribution is 2.27. The molecule has 0 fully saturated rings. The molecule has 10 heteroatoms. The molecule has 2 atom stereocenters. The van der Waals surface area contributed by atoms with Gasteiger partial charge in [-0.1, -0.05) is 78.9 Å². The Hall–Kier alpha value is -3.93. The van der Waals surface area contributed by atoms with Crippen molar-refractivity contribution in [3.63, 3.8) is 0 Å². The van der Waals surface area contributed by atoms with Crippen molar-refractivity contribution in [1.82, 2.24) is 25.0 Å². The quantitative estimate of drug-likeness (QED) is 0.215. The van der Waals surface area contributed by atoms with Crippen molar-refractivity contribution in [1.29, 1.82) is 0 Å². The zero-order valence-corrected chi connectivity index (χ0v) is 24.9. The number of nitrogens with zero attached hydrogens (tertiary/aromatic N) is 4. The summed E-state index contributed by atoms with van der Waals surface area (Å²) in [5.41, 5.74) is 10.4. The third-order valence-electron chi connectivity index (χ3n) is 7.64. The topological polar surface area (TPSA) is 128 Å². The Morgan fingerprint density at radius 2 is 1.72 bits per heavy atom. The third-order valence-corrected chi connectivity index (χ3v) is 7.64. The number of carbonyl (C=O) groups excluding carboxylic acids is 1. The van der Waals surface area contributed by atoms with E-state index in [1.807, 2.05) is 70.1 Å². The average molecular weight is 585 g/mol. The molecular weight excluding hydrogens is 544 g/mol. The van der Waals surface area contributed by atoms with Gasteiger partial charge in [-0.3, -0.25) is 4.79 Å². The molecule has 43 heavy (non-hydrogen) atoms. The van der Waals surface area contributed by atoms with Gasteiger partial charge in [-0.15, -0.1) is 10.2 Å². The first-order valence-corrected chi connectivity index (χ1v) is 14.5. The van der Waals surface area contributed by atoms with Gasteiger partial charge in [0.25, 0.3) is 0 Å². The number of aliphatic hydroxyl groups excluding tert-OH is 1. The van der Waals surface area contributed by atoms with Crippen molar-refractivity contribution in [2.75, 3.05) is 13.2 Å². The molecule has 0 saturated heterocycles. The highest BCUT2D eigenvalue weighted by molar-refractivity contribution is 5.85. The predicted octanol–water partition coefficient (Wildman–Crippen LogP) is 3.67. The number of nitrogens with one attached hydrogen (secondary N) is 1. The number of fused-ring (bicyclic) bond motifs is 1. The molecule has 0 aliphatic carbocycles. The maximum absolute atomic E-state index is 12.8. The van der Waals surface area contributed by atoms with E-state index in [4.69, 9.17) is 15.2 Å². The molecule has 0 spiro atoms. The lowest BCUT2D eigenvalue weighted by Crippen LogP contribution is -2.51. The molecule has 0 radical (unpaired) electrons. The molecule has 3 aromatic carbocycles. The molecule has 0 saturated carbocycles. The number of amides is 1. The van der Waals surface area contributed by atoms with E-state index in [9.17, 15) is 9.90 Å². The number of carbonyl (C=O) groups is 1. The zero-order chi connectivity index (χ0) is 30.4. The maximum Gasteiger partial charge on any atom is 0.240 e. The fourth-order valence-corrected chi connectivity index (χ4v) is 5.08. The number of hydrogen-bond acceptors (Lipinski definition) is 8. The van der Waals surface area contributed by atoms with Crippen LogP contribution >= 0.6 is 0 Å². The van der Waals surface area contributed by atoms with E-state index in [2.05, 4.69) is 40.6 Å². The van der Waals surface area contributed by atoms with Crippen LogP contribution in [0.2, 0.25) is 0 Å². The summed E-state index contributed by atoms with van der Waals surface area (Å²) in [5.74, 6) is 0.940. The normalized spacial score (nSPS) is 15.1. The summed E-state index contributed by atoms with van der Waals surface area (Å²) in [7, 11) is 0. The molecule has 5 rings (SSSR count). The number of benzene rings is 3. The second-order valence-electron chi connectivity index (χ2n) is 11.4. The number of aliphatic hydroxyl groups is 1. The van der Waals surface area contributed by atoms with Crippen LogP contribution in [0.1, 0.15) is 48.2 Å². The van der Waals surface area contributed by atoms with Crippen LogP contribution in [0, 0.1) is 6.92 Å². The lowest BCUT2D eigenvalue weighted by Gasteiger charge is -2.32. The second-order valence-corrected chi connectivity index (χ2v) is 11.4. The van der Waals surface area contributed by atoms with Crippen molar-refractivity contribution < 1.29 is 19.4 Å². The SMILES string of the molecule is Cc1c(CO[C@@H](O)N2CCn3c(nnc3[C@@H](COCc3ccccc3)NC(=O)C(C)(C)N)C2)cccc1-c1ccccc1. The minimum atomic E-state index is -1.11. The van der Waals surface area contributed by atoms with Crippen LogP contribution in [0.5, 0.6) is 0 Å². The van der Waals surface area contributed by atoms with Crippen molar-refractivity contribution in [2.24, 2.45) is 5.73 Å². The van der Waals surface area contributed by atoms with Crippen LogP contribution in [-0.4, -0.2) is 55.8 Å². The van der Waals surface area contributed by atoms with Gasteiger partial charge in [0.2, 0.25) is 12.3 Å². The Bertz CT molecular complexity index is 1500. The van der Waals surface area contributed by atoms with Crippen molar-refractivity contribution in [2.45, 2.75) is 65.1 Å². The van der Waals surface area contributed by atoms with Crippen LogP contribution in [0.3, 0.4) is 0 Å². The lowest BCUT2D eigenvalue weighted by atomic mass is 9.97. The maximum atomic E-state index is 12.8. The Kier molecular flexibility index (Phi) is 9.64. The summed E-state index contributed by atoms with van der Waals surface area (Å²) in [6.07, 6.45) is -1.11. The lowest BCUT2D eigenvalue weighted by molar-refractivity contribution is -0.207. The number of ether oxygens (including phenoxy) is 2. The number of rotatable bonds is 12. The Morgan fingerprint density at radius 3 is 2.44 bits per heavy atom. The summed E-state index contributed by atoms with van der Waals surface area (Å²) in [6, 6.07) is 25.6. The van der Waals surface area contributed by atoms with E-state index in [1.54, 1.807) is 13.8 Å². The highest BCUT2D eigenvalue weighted by atomic mass is 16.6. The van der Waals surface area contributed by atoms with Crippen LogP contribution < -0.4 is 11.1 Å². The number of nitrogens with two attached hydrogens (primary N) is 1. The van der Waals surface area contributed by atoms with E-state index in [0.717, 1.165) is 27.8 Å². The first kappa shape index (κ1) is 30.5. The van der Waals surface area contributed by atoms with Gasteiger partial charge < -0.3 is 30.2 Å². The Morgan fingerprint density at radius 1 is 1.00 bits per heavy atom. The molecule has 4 aromatic rings. The third kappa shape index (κ3) is 7.54. The van der Waals surface area contributed by atoms with Crippen LogP contribution in [0.15, 0.2) is 78.9 Å². The molecule has 1 amide bonds. The van der Waals surface area contributed by atoms with Gasteiger partial charge in [0.15, 0.2) is 5.82 Å². The average Bonchev–Trinajstić information content (AvgIpc) is 3.43. The van der Waals surface area contributed by atoms with Gasteiger partial charge >= 0.3 is 0 Å². The minimum Gasteiger partial charge on any atom is -0.374 e. The molecule has 226 valence electrons. The molecule has 1 aliphatic heterocycles. The summed E-state index contributed by atoms with van der Waals surface area (Å²) in [4.78, 5) is 14.6. The van der Waals surface area contributed by atoms with Gasteiger partial charge in [-0.25, -0.2) is 4.90 Å². The van der Waals surface area contributed by atoms with Crippen LogP contribution in [0.4, 0.5) is 0 Å². The fraction of sp³-hybridized carbons (Fsp3) is 0.364. The largest absolute Gasteiger partial charge is 0.374 e. The van der Waals surface area contributed by atoms with Crippen molar-refractivity contribution in [3.05, 3.63) is 107 Å². The number of aromatic nitrogens is 3. The van der Waals surface area contributed by atoms with Gasteiger partial charge in [-0.05, 0) is 48.6 Å². The fourth-order valence-electron chi connectivity index (χ4n) is 5.08. The van der Waals surface area contributed by atoms with Crippen molar-refractivity contribution in [3.8, 4) is 11.1 Å². The first-order chi connectivity index (χ1) is 20.7. The molecule has 2 heterocycles. The Labute approximate surface area is 252 Å². The molecular formula is C33H40N6O4. The van der Waals surface area contributed by atoms with Gasteiger partial charge in [0, 0.05) is 13.1 Å². The second kappa shape index (κ2) is 13.6. The van der Waals surface area contributed by atoms with Crippen molar-refractivity contribution >= 4 is 5.91 Å². The highest BCUT2D eigenvalue weighted by Gasteiger charge is 2.32. The van der Waals surface area contributed by atoms with E-state index < -0.39 is 18.0 Å². The summed E-state index contributed by atoms with van der Waals surface area (Å²) in [6.45, 7) is 7.60.